The Bertz CT molecular complexity index is 605. The van der Waals surface area contributed by atoms with Crippen LogP contribution in [-0.2, 0) is 14.8 Å². The van der Waals surface area contributed by atoms with Gasteiger partial charge >= 0.3 is 0 Å². The van der Waals surface area contributed by atoms with E-state index >= 15 is 0 Å². The zero-order valence-electron chi connectivity index (χ0n) is 12.2. The summed E-state index contributed by atoms with van der Waals surface area (Å²) >= 11 is 6.04. The molecule has 0 N–H and O–H groups in total. The second-order valence-electron chi connectivity index (χ2n) is 5.45. The Morgan fingerprint density at radius 1 is 1.15 bits per heavy atom. The smallest absolute Gasteiger partial charge is 0.243 e. The third-order valence-electron chi connectivity index (χ3n) is 3.46. The first-order chi connectivity index (χ1) is 9.21. The standard InChI is InChI=1S/C14H20ClNO3S/c1-9-6-14(10(2)5-13(9)15)20(17,18)16-7-11(3)19-12(4)8-16/h5-6,11-12H,7-8H2,1-4H3/t11-,12+. The van der Waals surface area contributed by atoms with Crippen molar-refractivity contribution in [3.63, 3.8) is 0 Å². The quantitative estimate of drug-likeness (QED) is 0.842. The molecule has 1 aliphatic heterocycles. The topological polar surface area (TPSA) is 46.6 Å². The minimum Gasteiger partial charge on any atom is -0.373 e. The largest absolute Gasteiger partial charge is 0.373 e. The fraction of sp³-hybridized carbons (Fsp3) is 0.571. The normalized spacial score (nSPS) is 24.9. The number of sulfonamides is 1. The molecule has 0 bridgehead atoms. The molecule has 2 rings (SSSR count). The van der Waals surface area contributed by atoms with E-state index in [0.717, 1.165) is 5.56 Å². The number of ether oxygens (including phenoxy) is 1. The molecule has 6 heteroatoms. The third-order valence-corrected chi connectivity index (χ3v) is 5.84. The van der Waals surface area contributed by atoms with Crippen LogP contribution in [0.3, 0.4) is 0 Å². The summed E-state index contributed by atoms with van der Waals surface area (Å²) in [6.07, 6.45) is -0.190. The van der Waals surface area contributed by atoms with Crippen LogP contribution >= 0.6 is 11.6 Å². The number of benzene rings is 1. The van der Waals surface area contributed by atoms with Gasteiger partial charge in [-0.3, -0.25) is 0 Å². The van der Waals surface area contributed by atoms with Crippen LogP contribution in [0.15, 0.2) is 17.0 Å². The van der Waals surface area contributed by atoms with Crippen molar-refractivity contribution >= 4 is 21.6 Å². The maximum absolute atomic E-state index is 12.8. The average Bonchev–Trinajstić information content (AvgIpc) is 2.32. The summed E-state index contributed by atoms with van der Waals surface area (Å²) in [7, 11) is -3.50. The zero-order chi connectivity index (χ0) is 15.1. The van der Waals surface area contributed by atoms with Gasteiger partial charge in [-0.15, -0.1) is 0 Å². The van der Waals surface area contributed by atoms with Gasteiger partial charge < -0.3 is 4.74 Å². The predicted octanol–water partition coefficient (Wildman–Crippen LogP) is 2.75. The summed E-state index contributed by atoms with van der Waals surface area (Å²) in [4.78, 5) is 0.334. The van der Waals surface area contributed by atoms with E-state index in [9.17, 15) is 8.42 Å². The molecular weight excluding hydrogens is 298 g/mol. The first-order valence-corrected chi connectivity index (χ1v) is 8.46. The van der Waals surface area contributed by atoms with Gasteiger partial charge in [0.05, 0.1) is 17.1 Å². The number of hydrogen-bond acceptors (Lipinski definition) is 3. The van der Waals surface area contributed by atoms with Crippen molar-refractivity contribution < 1.29 is 13.2 Å². The highest BCUT2D eigenvalue weighted by Crippen LogP contribution is 2.28. The minimum atomic E-state index is -3.50. The first kappa shape index (κ1) is 15.8. The number of nitrogens with zero attached hydrogens (tertiary/aromatic N) is 1. The lowest BCUT2D eigenvalue weighted by Gasteiger charge is -2.34. The number of aryl methyl sites for hydroxylation is 2. The summed E-state index contributed by atoms with van der Waals surface area (Å²) in [6, 6.07) is 3.36. The molecule has 20 heavy (non-hydrogen) atoms. The van der Waals surface area contributed by atoms with Crippen molar-refractivity contribution in [2.45, 2.75) is 44.8 Å². The van der Waals surface area contributed by atoms with Crippen LogP contribution in [-0.4, -0.2) is 38.0 Å². The van der Waals surface area contributed by atoms with E-state index in [0.29, 0.717) is 28.6 Å². The fourth-order valence-electron chi connectivity index (χ4n) is 2.50. The van der Waals surface area contributed by atoms with Crippen LogP contribution < -0.4 is 0 Å². The van der Waals surface area contributed by atoms with Crippen molar-refractivity contribution in [2.24, 2.45) is 0 Å². The molecule has 1 fully saturated rings. The van der Waals surface area contributed by atoms with Crippen molar-refractivity contribution in [3.05, 3.63) is 28.3 Å². The van der Waals surface area contributed by atoms with E-state index < -0.39 is 10.0 Å². The molecule has 1 aliphatic rings. The molecule has 0 saturated carbocycles. The van der Waals surface area contributed by atoms with Gasteiger partial charge in [0.15, 0.2) is 0 Å². The van der Waals surface area contributed by atoms with Crippen LogP contribution in [0.25, 0.3) is 0 Å². The molecule has 0 aromatic heterocycles. The van der Waals surface area contributed by atoms with E-state index in [1.54, 1.807) is 19.1 Å². The van der Waals surface area contributed by atoms with Crippen LogP contribution in [0.1, 0.15) is 25.0 Å². The van der Waals surface area contributed by atoms with Gasteiger partial charge in [0, 0.05) is 18.1 Å². The minimum absolute atomic E-state index is 0.0952. The van der Waals surface area contributed by atoms with Gasteiger partial charge in [-0.25, -0.2) is 8.42 Å². The molecule has 0 spiro atoms. The summed E-state index contributed by atoms with van der Waals surface area (Å²) in [6.45, 7) is 8.12. The molecule has 1 aromatic rings. The molecule has 112 valence electrons. The van der Waals surface area contributed by atoms with E-state index in [1.165, 1.54) is 4.31 Å². The monoisotopic (exact) mass is 317 g/mol. The predicted molar refractivity (Wildman–Crippen MR) is 79.7 cm³/mol. The SMILES string of the molecule is Cc1cc(S(=O)(=O)N2C[C@@H](C)O[C@@H](C)C2)c(C)cc1Cl. The maximum Gasteiger partial charge on any atom is 0.243 e. The Balaban J connectivity index is 2.42. The highest BCUT2D eigenvalue weighted by molar-refractivity contribution is 7.89. The Kier molecular flexibility index (Phi) is 4.44. The highest BCUT2D eigenvalue weighted by atomic mass is 35.5. The lowest BCUT2D eigenvalue weighted by atomic mass is 10.2. The fourth-order valence-corrected chi connectivity index (χ4v) is 4.60. The van der Waals surface area contributed by atoms with Gasteiger partial charge in [0.2, 0.25) is 10.0 Å². The number of morpholine rings is 1. The molecule has 0 aliphatic carbocycles. The van der Waals surface area contributed by atoms with Crippen molar-refractivity contribution in [2.75, 3.05) is 13.1 Å². The first-order valence-electron chi connectivity index (χ1n) is 6.64. The third kappa shape index (κ3) is 3.01. The van der Waals surface area contributed by atoms with Gasteiger partial charge in [-0.05, 0) is 51.0 Å². The molecule has 1 aromatic carbocycles. The van der Waals surface area contributed by atoms with Crippen LogP contribution in [0.4, 0.5) is 0 Å². The highest BCUT2D eigenvalue weighted by Gasteiger charge is 2.33. The van der Waals surface area contributed by atoms with Crippen LogP contribution in [0.2, 0.25) is 5.02 Å². The molecule has 0 radical (unpaired) electrons. The van der Waals surface area contributed by atoms with Gasteiger partial charge in [-0.1, -0.05) is 11.6 Å². The molecule has 2 atom stereocenters. The Morgan fingerprint density at radius 2 is 1.70 bits per heavy atom. The molecule has 1 saturated heterocycles. The summed E-state index contributed by atoms with van der Waals surface area (Å²) in [5.74, 6) is 0. The molecule has 0 unspecified atom stereocenters. The van der Waals surface area contributed by atoms with Gasteiger partial charge in [-0.2, -0.15) is 4.31 Å². The van der Waals surface area contributed by atoms with Gasteiger partial charge in [0.1, 0.15) is 0 Å². The van der Waals surface area contributed by atoms with Crippen molar-refractivity contribution in [3.8, 4) is 0 Å². The lowest BCUT2D eigenvalue weighted by molar-refractivity contribution is -0.0440. The molecular formula is C14H20ClNO3S. The number of halogens is 1. The number of hydrogen-bond donors (Lipinski definition) is 0. The van der Waals surface area contributed by atoms with E-state index in [1.807, 2.05) is 20.8 Å². The molecule has 0 amide bonds. The Hall–Kier alpha value is -0.620. The van der Waals surface area contributed by atoms with Gasteiger partial charge in [0.25, 0.3) is 0 Å². The van der Waals surface area contributed by atoms with Crippen molar-refractivity contribution in [1.82, 2.24) is 4.31 Å². The number of rotatable bonds is 2. The zero-order valence-corrected chi connectivity index (χ0v) is 13.8. The summed E-state index contributed by atoms with van der Waals surface area (Å²) < 4.78 is 32.7. The molecule has 1 heterocycles. The van der Waals surface area contributed by atoms with Crippen LogP contribution in [0.5, 0.6) is 0 Å². The Morgan fingerprint density at radius 3 is 2.25 bits per heavy atom. The van der Waals surface area contributed by atoms with E-state index in [4.69, 9.17) is 16.3 Å². The van der Waals surface area contributed by atoms with Crippen LogP contribution in [0, 0.1) is 13.8 Å². The summed E-state index contributed by atoms with van der Waals surface area (Å²) in [5.41, 5.74) is 1.44. The second kappa shape index (κ2) is 5.64. The van der Waals surface area contributed by atoms with Crippen molar-refractivity contribution in [1.29, 1.82) is 0 Å². The van der Waals surface area contributed by atoms with E-state index in [2.05, 4.69) is 0 Å². The average molecular weight is 318 g/mol. The van der Waals surface area contributed by atoms with E-state index in [-0.39, 0.29) is 12.2 Å². The maximum atomic E-state index is 12.8. The summed E-state index contributed by atoms with van der Waals surface area (Å²) in [5, 5.41) is 0.588. The second-order valence-corrected chi connectivity index (χ2v) is 7.76. The lowest BCUT2D eigenvalue weighted by Crippen LogP contribution is -2.48. The Labute approximate surface area is 125 Å². The molecule has 4 nitrogen and oxygen atoms in total.